The van der Waals surface area contributed by atoms with E-state index in [1.165, 1.54) is 11.1 Å². The quantitative estimate of drug-likeness (QED) is 0.754. The first kappa shape index (κ1) is 12.9. The number of benzene rings is 2. The summed E-state index contributed by atoms with van der Waals surface area (Å²) in [6.07, 6.45) is 0. The van der Waals surface area contributed by atoms with Crippen LogP contribution in [-0.4, -0.2) is 9.97 Å². The fourth-order valence-corrected chi connectivity index (χ4v) is 2.37. The topological polar surface area (TPSA) is 40.7 Å². The van der Waals surface area contributed by atoms with Gasteiger partial charge in [0.15, 0.2) is 0 Å². The molecule has 3 nitrogen and oxygen atoms in total. The molecule has 0 spiro atoms. The Kier molecular flexibility index (Phi) is 3.52. The number of imidazole rings is 1. The molecule has 0 aliphatic heterocycles. The highest BCUT2D eigenvalue weighted by atomic mass is 15.0. The molecule has 0 saturated heterocycles. The standard InChI is InChI=1S/C17H19N3/c1-12-8-9-15-16(10-12)20-17(19-15)11-18-13(2)14-6-4-3-5-7-14/h3-10,13,18H,11H2,1-2H3,(H,19,20). The zero-order valence-corrected chi connectivity index (χ0v) is 11.9. The molecular weight excluding hydrogens is 246 g/mol. The van der Waals surface area contributed by atoms with Gasteiger partial charge in [0.2, 0.25) is 0 Å². The van der Waals surface area contributed by atoms with Gasteiger partial charge < -0.3 is 10.3 Å². The van der Waals surface area contributed by atoms with E-state index in [0.29, 0.717) is 6.04 Å². The van der Waals surface area contributed by atoms with Gasteiger partial charge in [-0.2, -0.15) is 0 Å². The number of rotatable bonds is 4. The fraction of sp³-hybridized carbons (Fsp3) is 0.235. The highest BCUT2D eigenvalue weighted by molar-refractivity contribution is 5.75. The third kappa shape index (κ3) is 2.73. The van der Waals surface area contributed by atoms with Gasteiger partial charge >= 0.3 is 0 Å². The third-order valence-electron chi connectivity index (χ3n) is 3.56. The van der Waals surface area contributed by atoms with Crippen molar-refractivity contribution in [2.24, 2.45) is 0 Å². The van der Waals surface area contributed by atoms with Gasteiger partial charge in [0.1, 0.15) is 5.82 Å². The molecule has 3 heteroatoms. The normalized spacial score (nSPS) is 12.7. The van der Waals surface area contributed by atoms with Gasteiger partial charge in [-0.3, -0.25) is 0 Å². The first-order chi connectivity index (χ1) is 9.72. The van der Waals surface area contributed by atoms with Crippen LogP contribution in [-0.2, 0) is 6.54 Å². The van der Waals surface area contributed by atoms with Gasteiger partial charge in [0.25, 0.3) is 0 Å². The number of nitrogens with one attached hydrogen (secondary N) is 2. The number of hydrogen-bond acceptors (Lipinski definition) is 2. The predicted molar refractivity (Wildman–Crippen MR) is 82.5 cm³/mol. The van der Waals surface area contributed by atoms with Crippen molar-refractivity contribution in [3.63, 3.8) is 0 Å². The summed E-state index contributed by atoms with van der Waals surface area (Å²) in [5, 5.41) is 3.50. The van der Waals surface area contributed by atoms with E-state index in [-0.39, 0.29) is 0 Å². The van der Waals surface area contributed by atoms with Crippen molar-refractivity contribution in [1.29, 1.82) is 0 Å². The highest BCUT2D eigenvalue weighted by Crippen LogP contribution is 2.15. The lowest BCUT2D eigenvalue weighted by Gasteiger charge is -2.12. The highest BCUT2D eigenvalue weighted by Gasteiger charge is 2.06. The molecule has 1 heterocycles. The van der Waals surface area contributed by atoms with E-state index in [1.807, 2.05) is 6.07 Å². The Hall–Kier alpha value is -2.13. The summed E-state index contributed by atoms with van der Waals surface area (Å²) in [4.78, 5) is 7.97. The lowest BCUT2D eigenvalue weighted by atomic mass is 10.1. The number of aryl methyl sites for hydroxylation is 1. The van der Waals surface area contributed by atoms with Crippen LogP contribution in [0.2, 0.25) is 0 Å². The first-order valence-electron chi connectivity index (χ1n) is 6.96. The Morgan fingerprint density at radius 1 is 1.15 bits per heavy atom. The maximum Gasteiger partial charge on any atom is 0.121 e. The van der Waals surface area contributed by atoms with Gasteiger partial charge in [-0.15, -0.1) is 0 Å². The summed E-state index contributed by atoms with van der Waals surface area (Å²) in [6.45, 7) is 5.00. The van der Waals surface area contributed by atoms with E-state index >= 15 is 0 Å². The van der Waals surface area contributed by atoms with E-state index < -0.39 is 0 Å². The van der Waals surface area contributed by atoms with Crippen LogP contribution in [0.4, 0.5) is 0 Å². The SMILES string of the molecule is Cc1ccc2nc(CNC(C)c3ccccc3)[nH]c2c1. The average molecular weight is 265 g/mol. The maximum absolute atomic E-state index is 4.60. The molecule has 0 aliphatic rings. The Balaban J connectivity index is 1.71. The van der Waals surface area contributed by atoms with Crippen molar-refractivity contribution in [2.45, 2.75) is 26.4 Å². The van der Waals surface area contributed by atoms with E-state index in [4.69, 9.17) is 0 Å². The summed E-state index contributed by atoms with van der Waals surface area (Å²) in [7, 11) is 0. The van der Waals surface area contributed by atoms with E-state index in [9.17, 15) is 0 Å². The molecular formula is C17H19N3. The van der Waals surface area contributed by atoms with Crippen LogP contribution in [0, 0.1) is 6.92 Å². The molecule has 102 valence electrons. The Bertz CT molecular complexity index is 701. The van der Waals surface area contributed by atoms with Crippen molar-refractivity contribution >= 4 is 11.0 Å². The van der Waals surface area contributed by atoms with Gasteiger partial charge in [-0.05, 0) is 37.1 Å². The predicted octanol–water partition coefficient (Wildman–Crippen LogP) is 3.72. The Morgan fingerprint density at radius 3 is 2.75 bits per heavy atom. The molecule has 20 heavy (non-hydrogen) atoms. The fourth-order valence-electron chi connectivity index (χ4n) is 2.37. The lowest BCUT2D eigenvalue weighted by molar-refractivity contribution is 0.563. The molecule has 2 N–H and O–H groups in total. The van der Waals surface area contributed by atoms with Crippen molar-refractivity contribution in [3.8, 4) is 0 Å². The van der Waals surface area contributed by atoms with Crippen LogP contribution in [0.25, 0.3) is 11.0 Å². The van der Waals surface area contributed by atoms with Gasteiger partial charge in [0, 0.05) is 6.04 Å². The minimum Gasteiger partial charge on any atom is -0.341 e. The van der Waals surface area contributed by atoms with Crippen molar-refractivity contribution in [3.05, 3.63) is 65.5 Å². The summed E-state index contributed by atoms with van der Waals surface area (Å²) < 4.78 is 0. The largest absolute Gasteiger partial charge is 0.341 e. The van der Waals surface area contributed by atoms with E-state index in [1.54, 1.807) is 0 Å². The summed E-state index contributed by atoms with van der Waals surface area (Å²) in [6, 6.07) is 17.0. The zero-order chi connectivity index (χ0) is 13.9. The molecule has 1 aromatic heterocycles. The van der Waals surface area contributed by atoms with E-state index in [0.717, 1.165) is 23.4 Å². The lowest BCUT2D eigenvalue weighted by Crippen LogP contribution is -2.18. The molecule has 2 aromatic carbocycles. The summed E-state index contributed by atoms with van der Waals surface area (Å²) >= 11 is 0. The van der Waals surface area contributed by atoms with Gasteiger partial charge in [-0.25, -0.2) is 4.98 Å². The van der Waals surface area contributed by atoms with Crippen molar-refractivity contribution < 1.29 is 0 Å². The molecule has 0 saturated carbocycles. The number of hydrogen-bond donors (Lipinski definition) is 2. The zero-order valence-electron chi connectivity index (χ0n) is 11.9. The molecule has 1 unspecified atom stereocenters. The average Bonchev–Trinajstić information content (AvgIpc) is 2.87. The monoisotopic (exact) mass is 265 g/mol. The van der Waals surface area contributed by atoms with Crippen LogP contribution >= 0.6 is 0 Å². The van der Waals surface area contributed by atoms with Crippen LogP contribution in [0.5, 0.6) is 0 Å². The molecule has 0 radical (unpaired) electrons. The number of aromatic amines is 1. The van der Waals surface area contributed by atoms with Gasteiger partial charge in [0.05, 0.1) is 17.6 Å². The minimum absolute atomic E-state index is 0.311. The molecule has 1 atom stereocenters. The number of fused-ring (bicyclic) bond motifs is 1. The molecule has 3 aromatic rings. The first-order valence-corrected chi connectivity index (χ1v) is 6.96. The second-order valence-electron chi connectivity index (χ2n) is 5.22. The second kappa shape index (κ2) is 5.47. The van der Waals surface area contributed by atoms with Crippen LogP contribution in [0.1, 0.15) is 29.9 Å². The molecule has 0 fully saturated rings. The molecule has 3 rings (SSSR count). The minimum atomic E-state index is 0.311. The number of H-pyrrole nitrogens is 1. The molecule has 0 aliphatic carbocycles. The molecule has 0 bridgehead atoms. The number of nitrogens with zero attached hydrogens (tertiary/aromatic N) is 1. The third-order valence-corrected chi connectivity index (χ3v) is 3.56. The van der Waals surface area contributed by atoms with Crippen molar-refractivity contribution in [2.75, 3.05) is 0 Å². The van der Waals surface area contributed by atoms with Crippen LogP contribution in [0.15, 0.2) is 48.5 Å². The summed E-state index contributed by atoms with van der Waals surface area (Å²) in [5.74, 6) is 0.980. The maximum atomic E-state index is 4.60. The van der Waals surface area contributed by atoms with E-state index in [2.05, 4.69) is 71.6 Å². The molecule has 0 amide bonds. The van der Waals surface area contributed by atoms with Crippen LogP contribution < -0.4 is 5.32 Å². The van der Waals surface area contributed by atoms with Crippen molar-refractivity contribution in [1.82, 2.24) is 15.3 Å². The number of aromatic nitrogens is 2. The second-order valence-corrected chi connectivity index (χ2v) is 5.22. The van der Waals surface area contributed by atoms with Gasteiger partial charge in [-0.1, -0.05) is 36.4 Å². The summed E-state index contributed by atoms with van der Waals surface area (Å²) in [5.41, 5.74) is 4.67. The Morgan fingerprint density at radius 2 is 1.95 bits per heavy atom. The smallest absolute Gasteiger partial charge is 0.121 e. The Labute approximate surface area is 119 Å². The van der Waals surface area contributed by atoms with Crippen LogP contribution in [0.3, 0.4) is 0 Å².